The first kappa shape index (κ1) is 100. The van der Waals surface area contributed by atoms with Gasteiger partial charge in [-0.25, -0.2) is 0 Å². The van der Waals surface area contributed by atoms with Crippen molar-refractivity contribution in [1.29, 1.82) is 0 Å². The molecule has 0 spiro atoms. The molecule has 0 aliphatic rings. The summed E-state index contributed by atoms with van der Waals surface area (Å²) in [7, 11) is 0. The number of aromatic nitrogens is 1. The number of furan rings is 1. The van der Waals surface area contributed by atoms with Crippen LogP contribution in [0.4, 0.5) is 26.3 Å². The van der Waals surface area contributed by atoms with Gasteiger partial charge in [-0.2, -0.15) is 0 Å². The van der Waals surface area contributed by atoms with E-state index in [1.54, 1.807) is 30.5 Å². The largest absolute Gasteiger partial charge is 0.573 e. The number of hydrogen-bond donors (Lipinski definition) is 5. The van der Waals surface area contributed by atoms with Crippen LogP contribution in [0.25, 0.3) is 27.9 Å². The highest BCUT2D eigenvalue weighted by molar-refractivity contribution is 7.09. The second kappa shape index (κ2) is 58.3. The Morgan fingerprint density at radius 3 is 0.940 bits per heavy atom. The van der Waals surface area contributed by atoms with Gasteiger partial charge in [0.25, 0.3) is 0 Å². The summed E-state index contributed by atoms with van der Waals surface area (Å²) in [5.74, 6) is 0.632. The smallest absolute Gasteiger partial charge is 0.468 e. The Kier molecular flexibility index (Phi) is 43.8. The van der Waals surface area contributed by atoms with Crippen molar-refractivity contribution in [1.82, 2.24) is 31.6 Å². The number of nitrogens with zero attached hydrogens (tertiary/aromatic N) is 1. The summed E-state index contributed by atoms with van der Waals surface area (Å²) < 4.78 is 87.9. The molecule has 0 fully saturated rings. The molecule has 0 saturated carbocycles. The number of unbranched alkanes of at least 4 members (excludes halogenated alkanes) is 5. The molecule has 0 unspecified atom stereocenters. The van der Waals surface area contributed by atoms with E-state index in [0.29, 0.717) is 25.2 Å². The molecular formula is C117H118F6N6O3S. The van der Waals surface area contributed by atoms with Crippen molar-refractivity contribution in [2.75, 3.05) is 32.7 Å². The number of para-hydroxylation sites is 1. The van der Waals surface area contributed by atoms with Gasteiger partial charge in [0, 0.05) is 42.8 Å². The molecule has 0 atom stereocenters. The van der Waals surface area contributed by atoms with E-state index in [4.69, 9.17) is 4.42 Å². The first-order valence-corrected chi connectivity index (χ1v) is 46.4. The number of alkyl halides is 6. The quantitative estimate of drug-likeness (QED) is 0.0189. The highest BCUT2D eigenvalue weighted by Gasteiger charge is 2.32. The average molecular weight is 1800 g/mol. The fourth-order valence-corrected chi connectivity index (χ4v) is 15.4. The number of pyridine rings is 1. The third-order valence-electron chi connectivity index (χ3n) is 21.1. The number of ether oxygens (including phenoxy) is 2. The number of halogens is 6. The van der Waals surface area contributed by atoms with Gasteiger partial charge in [0.1, 0.15) is 17.3 Å². The van der Waals surface area contributed by atoms with E-state index in [1.807, 2.05) is 115 Å². The van der Waals surface area contributed by atoms with Crippen molar-refractivity contribution in [2.24, 2.45) is 0 Å². The molecule has 0 saturated heterocycles. The van der Waals surface area contributed by atoms with Crippen LogP contribution in [0.3, 0.4) is 0 Å². The summed E-state index contributed by atoms with van der Waals surface area (Å²) in [6, 6.07) is 131. The standard InChI is InChI=1S/2C25H24F3NO.C23H24N2.C22H23NO.C22H23NS/c26-25(27,28)30-23-15-9-10-20(18-23)19-29-17-8-7-16-24(21-11-3-1-4-12-21)22-13-5-2-6-14-22;26-25(27,28)30-24-17-8-7-15-22(24)19-29-18-10-9-16-23(20-11-3-1-4-12-20)21-13-5-2-6-14-21;1-3-11-20(12-4-1)23(21-13-5-2-6-14-21)16-8-9-17-24-19-22-15-7-10-18-25-22;2*1-3-10-19(11-4-1)22(20-12-5-2-6-13-20)15-7-8-16-23-18-21-14-9-17-24-21/h1-6,9-16,18,29H,7-8,17,19H2;1-8,11-17,29H,9-10,18-19H2;1-7,10-16,18,24H,8-9,17,19H2;2*1-6,9-15,17,23H,7-8,16,18H2. The maximum Gasteiger partial charge on any atom is 0.573 e. The van der Waals surface area contributed by atoms with Gasteiger partial charge in [-0.1, -0.05) is 376 Å². The van der Waals surface area contributed by atoms with Crippen molar-refractivity contribution in [3.05, 3.63) is 526 Å². The van der Waals surface area contributed by atoms with Crippen molar-refractivity contribution >= 4 is 39.2 Å². The van der Waals surface area contributed by atoms with Crippen LogP contribution in [0.15, 0.2) is 447 Å². The SMILES string of the molecule is C(CCCNCc1ccccn1)=C(c1ccccc1)c1ccccc1.C(CCCNCc1ccco1)=C(c1ccccc1)c1ccccc1.C(CCCNCc1cccs1)=C(c1ccccc1)c1ccccc1.FC(F)(F)Oc1cccc(CNCCCC=C(c2ccccc2)c2ccccc2)c1.FC(F)(F)Oc1ccccc1CNCCCC=C(c1ccccc1)c1ccccc1. The van der Waals surface area contributed by atoms with Gasteiger partial charge in [0.05, 0.1) is 18.5 Å². The zero-order valence-electron chi connectivity index (χ0n) is 75.1. The Hall–Kier alpha value is -13.6. The lowest BCUT2D eigenvalue weighted by atomic mass is 9.96. The second-order valence-corrected chi connectivity index (χ2v) is 32.2. The van der Waals surface area contributed by atoms with Crippen molar-refractivity contribution in [2.45, 2.75) is 110 Å². The number of allylic oxidation sites excluding steroid dienone is 5. The third kappa shape index (κ3) is 38.4. The van der Waals surface area contributed by atoms with Crippen LogP contribution >= 0.6 is 11.3 Å². The van der Waals surface area contributed by atoms with Gasteiger partial charge in [0.15, 0.2) is 0 Å². The Morgan fingerprint density at radius 1 is 0.293 bits per heavy atom. The van der Waals surface area contributed by atoms with E-state index in [0.717, 1.165) is 138 Å². The minimum absolute atomic E-state index is 0.159. The summed E-state index contributed by atoms with van der Waals surface area (Å²) >= 11 is 1.81. The first-order chi connectivity index (χ1) is 65.3. The second-order valence-electron chi connectivity index (χ2n) is 31.2. The minimum atomic E-state index is -4.69. The number of rotatable bonds is 42. The summed E-state index contributed by atoms with van der Waals surface area (Å²) in [6.45, 7) is 7.87. The zero-order valence-corrected chi connectivity index (χ0v) is 76.0. The molecule has 3 heterocycles. The minimum Gasteiger partial charge on any atom is -0.468 e. The molecule has 5 N–H and O–H groups in total. The Bertz CT molecular complexity index is 5440. The van der Waals surface area contributed by atoms with Crippen LogP contribution in [-0.2, 0) is 32.7 Å². The van der Waals surface area contributed by atoms with E-state index in [9.17, 15) is 26.3 Å². The van der Waals surface area contributed by atoms with Gasteiger partial charge in [-0.3, -0.25) is 4.98 Å². The molecule has 0 amide bonds. The summed E-state index contributed by atoms with van der Waals surface area (Å²) in [5.41, 5.74) is 21.0. The van der Waals surface area contributed by atoms with E-state index >= 15 is 0 Å². The number of benzene rings is 12. The van der Waals surface area contributed by atoms with E-state index in [-0.39, 0.29) is 11.5 Å². The molecule has 15 rings (SSSR count). The summed E-state index contributed by atoms with van der Waals surface area (Å²) in [5, 5.41) is 19.0. The predicted octanol–water partition coefficient (Wildman–Crippen LogP) is 29.3. The maximum atomic E-state index is 12.5. The van der Waals surface area contributed by atoms with Crippen molar-refractivity contribution in [3.8, 4) is 11.5 Å². The lowest BCUT2D eigenvalue weighted by Gasteiger charge is -2.13. The van der Waals surface area contributed by atoms with E-state index in [2.05, 4.69) is 326 Å². The highest BCUT2D eigenvalue weighted by atomic mass is 32.1. The van der Waals surface area contributed by atoms with Gasteiger partial charge < -0.3 is 40.5 Å². The van der Waals surface area contributed by atoms with Crippen LogP contribution in [0.1, 0.15) is 147 Å². The van der Waals surface area contributed by atoms with Crippen LogP contribution in [0, 0.1) is 0 Å². The Morgan fingerprint density at radius 2 is 0.617 bits per heavy atom. The molecule has 0 radical (unpaired) electrons. The van der Waals surface area contributed by atoms with Crippen LogP contribution in [0.2, 0.25) is 0 Å². The molecule has 3 aromatic heterocycles. The van der Waals surface area contributed by atoms with E-state index < -0.39 is 12.7 Å². The summed E-state index contributed by atoms with van der Waals surface area (Å²) in [4.78, 5) is 5.73. The van der Waals surface area contributed by atoms with Crippen LogP contribution < -0.4 is 36.1 Å². The molecule has 12 aromatic carbocycles. The predicted molar refractivity (Wildman–Crippen MR) is 538 cm³/mol. The highest BCUT2D eigenvalue weighted by Crippen LogP contribution is 2.32. The molecule has 0 aliphatic heterocycles. The van der Waals surface area contributed by atoms with Crippen molar-refractivity contribution < 1.29 is 40.2 Å². The molecular weight excluding hydrogens is 1680 g/mol. The topological polar surface area (TPSA) is 105 Å². The maximum absolute atomic E-state index is 12.5. The molecule has 0 aliphatic carbocycles. The third-order valence-corrected chi connectivity index (χ3v) is 22.0. The monoisotopic (exact) mass is 1800 g/mol. The zero-order chi connectivity index (χ0) is 92.5. The molecule has 16 heteroatoms. The van der Waals surface area contributed by atoms with Gasteiger partial charge in [-0.05, 0) is 240 Å². The Labute approximate surface area is 785 Å². The molecule has 15 aromatic rings. The molecule has 133 heavy (non-hydrogen) atoms. The van der Waals surface area contributed by atoms with Crippen LogP contribution in [-0.4, -0.2) is 50.4 Å². The first-order valence-electron chi connectivity index (χ1n) is 45.6. The van der Waals surface area contributed by atoms with Gasteiger partial charge in [0.2, 0.25) is 0 Å². The van der Waals surface area contributed by atoms with Crippen molar-refractivity contribution in [3.63, 3.8) is 0 Å². The average Bonchev–Trinajstić information content (AvgIpc) is 1.75. The van der Waals surface area contributed by atoms with E-state index in [1.165, 1.54) is 102 Å². The number of thiophene rings is 1. The Balaban J connectivity index is 0.000000161. The molecule has 0 bridgehead atoms. The van der Waals surface area contributed by atoms with Crippen LogP contribution in [0.5, 0.6) is 11.5 Å². The molecule has 9 nitrogen and oxygen atoms in total. The fraction of sp³-hybridized carbons (Fsp3) is 0.188. The fourth-order valence-electron chi connectivity index (χ4n) is 14.7. The lowest BCUT2D eigenvalue weighted by molar-refractivity contribution is -0.275. The lowest BCUT2D eigenvalue weighted by Crippen LogP contribution is -2.20. The van der Waals surface area contributed by atoms with Gasteiger partial charge in [-0.15, -0.1) is 37.7 Å². The number of hydrogen-bond acceptors (Lipinski definition) is 10. The summed E-state index contributed by atoms with van der Waals surface area (Å²) in [6.07, 6.45) is 15.8. The molecule has 682 valence electrons. The number of nitrogens with one attached hydrogen (secondary N) is 5. The van der Waals surface area contributed by atoms with Gasteiger partial charge >= 0.3 is 12.7 Å². The normalized spacial score (nSPS) is 10.8.